The summed E-state index contributed by atoms with van der Waals surface area (Å²) in [6.45, 7) is 0. The van der Waals surface area contributed by atoms with Gasteiger partial charge in [-0.25, -0.2) is 5.43 Å². The quantitative estimate of drug-likeness (QED) is 0.832. The average molecular weight is 264 g/mol. The van der Waals surface area contributed by atoms with Gasteiger partial charge in [-0.05, 0) is 37.0 Å². The molecule has 0 radical (unpaired) electrons. The molecule has 1 aliphatic carbocycles. The van der Waals surface area contributed by atoms with Gasteiger partial charge in [0.25, 0.3) is 5.91 Å². The van der Waals surface area contributed by atoms with Gasteiger partial charge in [-0.15, -0.1) is 0 Å². The molecule has 100 valence electrons. The van der Waals surface area contributed by atoms with Crippen LogP contribution in [0.5, 0.6) is 0 Å². The summed E-state index contributed by atoms with van der Waals surface area (Å²) >= 11 is 0. The third-order valence-corrected chi connectivity index (χ3v) is 3.52. The Bertz CT molecular complexity index is 647. The molecule has 0 aliphatic heterocycles. The van der Waals surface area contributed by atoms with Crippen molar-refractivity contribution in [3.8, 4) is 0 Å². The van der Waals surface area contributed by atoms with Crippen LogP contribution < -0.4 is 5.43 Å². The van der Waals surface area contributed by atoms with E-state index in [1.807, 2.05) is 30.3 Å². The SMILES string of the molecule is O=C(N/N=C1\CCCc2ccccc21)c1ccccc1. The van der Waals surface area contributed by atoms with Crippen molar-refractivity contribution in [1.29, 1.82) is 0 Å². The minimum absolute atomic E-state index is 0.166. The number of hydrogen-bond donors (Lipinski definition) is 1. The summed E-state index contributed by atoms with van der Waals surface area (Å²) in [6, 6.07) is 17.4. The van der Waals surface area contributed by atoms with E-state index in [2.05, 4.69) is 22.7 Å². The highest BCUT2D eigenvalue weighted by Gasteiger charge is 2.15. The van der Waals surface area contributed by atoms with Crippen molar-refractivity contribution in [2.45, 2.75) is 19.3 Å². The number of rotatable bonds is 2. The number of aryl methyl sites for hydroxylation is 1. The summed E-state index contributed by atoms with van der Waals surface area (Å²) in [5.74, 6) is -0.166. The van der Waals surface area contributed by atoms with Crippen molar-refractivity contribution in [3.05, 3.63) is 71.3 Å². The zero-order valence-electron chi connectivity index (χ0n) is 11.2. The molecule has 2 aromatic carbocycles. The zero-order chi connectivity index (χ0) is 13.8. The molecular weight excluding hydrogens is 248 g/mol. The Morgan fingerprint density at radius 1 is 0.950 bits per heavy atom. The molecule has 0 atom stereocenters. The van der Waals surface area contributed by atoms with Crippen molar-refractivity contribution < 1.29 is 4.79 Å². The second-order valence-corrected chi connectivity index (χ2v) is 4.88. The van der Waals surface area contributed by atoms with E-state index in [4.69, 9.17) is 0 Å². The second-order valence-electron chi connectivity index (χ2n) is 4.88. The van der Waals surface area contributed by atoms with E-state index in [0.717, 1.165) is 30.5 Å². The third-order valence-electron chi connectivity index (χ3n) is 3.52. The molecule has 3 heteroatoms. The van der Waals surface area contributed by atoms with Gasteiger partial charge < -0.3 is 0 Å². The molecule has 0 saturated carbocycles. The lowest BCUT2D eigenvalue weighted by Crippen LogP contribution is -2.22. The van der Waals surface area contributed by atoms with Crippen LogP contribution in [0.2, 0.25) is 0 Å². The first-order valence-corrected chi connectivity index (χ1v) is 6.85. The molecule has 1 amide bonds. The van der Waals surface area contributed by atoms with E-state index >= 15 is 0 Å². The van der Waals surface area contributed by atoms with E-state index in [9.17, 15) is 4.79 Å². The molecule has 0 heterocycles. The topological polar surface area (TPSA) is 41.5 Å². The van der Waals surface area contributed by atoms with Gasteiger partial charge in [0.05, 0.1) is 5.71 Å². The number of carbonyl (C=O) groups is 1. The average Bonchev–Trinajstić information content (AvgIpc) is 2.53. The van der Waals surface area contributed by atoms with Crippen LogP contribution in [-0.4, -0.2) is 11.6 Å². The number of amides is 1. The molecule has 0 fully saturated rings. The summed E-state index contributed by atoms with van der Waals surface area (Å²) in [7, 11) is 0. The molecular formula is C17H16N2O. The number of nitrogens with one attached hydrogen (secondary N) is 1. The maximum absolute atomic E-state index is 12.0. The Labute approximate surface area is 118 Å². The normalized spacial score (nSPS) is 15.7. The fourth-order valence-electron chi connectivity index (χ4n) is 2.49. The fraction of sp³-hybridized carbons (Fsp3) is 0.176. The number of hydrogen-bond acceptors (Lipinski definition) is 2. The van der Waals surface area contributed by atoms with Gasteiger partial charge in [-0.1, -0.05) is 42.5 Å². The maximum atomic E-state index is 12.0. The van der Waals surface area contributed by atoms with E-state index in [1.54, 1.807) is 12.1 Å². The first-order chi connectivity index (χ1) is 9.84. The first kappa shape index (κ1) is 12.6. The van der Waals surface area contributed by atoms with Crippen LogP contribution in [0.1, 0.15) is 34.3 Å². The molecule has 0 saturated heterocycles. The van der Waals surface area contributed by atoms with E-state index in [1.165, 1.54) is 5.56 Å². The van der Waals surface area contributed by atoms with Crippen LogP contribution in [0.3, 0.4) is 0 Å². The van der Waals surface area contributed by atoms with Gasteiger partial charge >= 0.3 is 0 Å². The van der Waals surface area contributed by atoms with Crippen molar-refractivity contribution in [3.63, 3.8) is 0 Å². The highest BCUT2D eigenvalue weighted by atomic mass is 16.2. The minimum atomic E-state index is -0.166. The van der Waals surface area contributed by atoms with Gasteiger partial charge in [-0.2, -0.15) is 5.10 Å². The predicted molar refractivity (Wildman–Crippen MR) is 79.8 cm³/mol. The molecule has 20 heavy (non-hydrogen) atoms. The standard InChI is InChI=1S/C17H16N2O/c20-17(14-8-2-1-3-9-14)19-18-16-12-6-10-13-7-4-5-11-15(13)16/h1-5,7-9,11H,6,10,12H2,(H,19,20)/b18-16+. The monoisotopic (exact) mass is 264 g/mol. The fourth-order valence-corrected chi connectivity index (χ4v) is 2.49. The number of hydrazone groups is 1. The smallest absolute Gasteiger partial charge is 0.267 e. The summed E-state index contributed by atoms with van der Waals surface area (Å²) < 4.78 is 0. The van der Waals surface area contributed by atoms with Crippen molar-refractivity contribution in [1.82, 2.24) is 5.43 Å². The largest absolute Gasteiger partial charge is 0.271 e. The molecule has 0 spiro atoms. The summed E-state index contributed by atoms with van der Waals surface area (Å²) in [4.78, 5) is 12.0. The van der Waals surface area contributed by atoms with Crippen molar-refractivity contribution in [2.75, 3.05) is 0 Å². The minimum Gasteiger partial charge on any atom is -0.267 e. The number of benzene rings is 2. The lowest BCUT2D eigenvalue weighted by atomic mass is 9.90. The van der Waals surface area contributed by atoms with Crippen molar-refractivity contribution in [2.24, 2.45) is 5.10 Å². The van der Waals surface area contributed by atoms with Gasteiger partial charge in [-0.3, -0.25) is 4.79 Å². The van der Waals surface area contributed by atoms with E-state index in [0.29, 0.717) is 5.56 Å². The molecule has 1 N–H and O–H groups in total. The van der Waals surface area contributed by atoms with Crippen LogP contribution in [0.25, 0.3) is 0 Å². The molecule has 0 bridgehead atoms. The number of fused-ring (bicyclic) bond motifs is 1. The zero-order valence-corrected chi connectivity index (χ0v) is 11.2. The van der Waals surface area contributed by atoms with Gasteiger partial charge in [0.2, 0.25) is 0 Å². The Hall–Kier alpha value is -2.42. The van der Waals surface area contributed by atoms with Crippen LogP contribution >= 0.6 is 0 Å². The third kappa shape index (κ3) is 2.62. The van der Waals surface area contributed by atoms with Crippen LogP contribution in [0.4, 0.5) is 0 Å². The molecule has 0 aromatic heterocycles. The molecule has 0 unspecified atom stereocenters. The van der Waals surface area contributed by atoms with Crippen molar-refractivity contribution >= 4 is 11.6 Å². The molecule has 3 rings (SSSR count). The molecule has 3 nitrogen and oxygen atoms in total. The Balaban J connectivity index is 1.79. The molecule has 2 aromatic rings. The van der Waals surface area contributed by atoms with Gasteiger partial charge in [0.1, 0.15) is 0 Å². The van der Waals surface area contributed by atoms with E-state index in [-0.39, 0.29) is 5.91 Å². The summed E-state index contributed by atoms with van der Waals surface area (Å²) in [6.07, 6.45) is 3.07. The predicted octanol–water partition coefficient (Wildman–Crippen LogP) is 3.16. The highest BCUT2D eigenvalue weighted by molar-refractivity contribution is 6.04. The van der Waals surface area contributed by atoms with Crippen LogP contribution in [0.15, 0.2) is 59.7 Å². The maximum Gasteiger partial charge on any atom is 0.271 e. The van der Waals surface area contributed by atoms with Gasteiger partial charge in [0, 0.05) is 11.1 Å². The summed E-state index contributed by atoms with van der Waals surface area (Å²) in [5, 5.41) is 4.32. The van der Waals surface area contributed by atoms with Crippen LogP contribution in [-0.2, 0) is 6.42 Å². The summed E-state index contributed by atoms with van der Waals surface area (Å²) in [5.41, 5.74) is 6.72. The lowest BCUT2D eigenvalue weighted by Gasteiger charge is -2.17. The number of carbonyl (C=O) groups excluding carboxylic acids is 1. The Morgan fingerprint density at radius 2 is 1.70 bits per heavy atom. The molecule has 1 aliphatic rings. The highest BCUT2D eigenvalue weighted by Crippen LogP contribution is 2.21. The van der Waals surface area contributed by atoms with Gasteiger partial charge in [0.15, 0.2) is 0 Å². The Morgan fingerprint density at radius 3 is 2.55 bits per heavy atom. The number of nitrogens with zero attached hydrogens (tertiary/aromatic N) is 1. The first-order valence-electron chi connectivity index (χ1n) is 6.85. The van der Waals surface area contributed by atoms with Crippen LogP contribution in [0, 0.1) is 0 Å². The second kappa shape index (κ2) is 5.70. The lowest BCUT2D eigenvalue weighted by molar-refractivity contribution is 0.0954. The van der Waals surface area contributed by atoms with E-state index < -0.39 is 0 Å². The Kier molecular flexibility index (Phi) is 3.59.